The van der Waals surface area contributed by atoms with Crippen molar-refractivity contribution in [1.82, 2.24) is 15.1 Å². The Labute approximate surface area is 151 Å². The average molecular weight is 360 g/mol. The maximum Gasteiger partial charge on any atom is 0.169 e. The molecule has 0 radical (unpaired) electrons. The van der Waals surface area contributed by atoms with Gasteiger partial charge < -0.3 is 4.90 Å². The number of nitriles is 1. The molecule has 0 unspecified atom stereocenters. The van der Waals surface area contributed by atoms with Crippen LogP contribution >= 0.6 is 11.6 Å². The number of nitrogens with zero attached hydrogens (tertiary/aromatic N) is 5. The van der Waals surface area contributed by atoms with Crippen molar-refractivity contribution >= 4 is 17.4 Å². The number of halogens is 2. The molecule has 1 saturated heterocycles. The second-order valence-electron chi connectivity index (χ2n) is 6.22. The molecule has 7 heteroatoms. The molecule has 2 heterocycles. The van der Waals surface area contributed by atoms with Gasteiger partial charge in [-0.15, -0.1) is 5.10 Å². The molecule has 25 heavy (non-hydrogen) atoms. The predicted octanol–water partition coefficient (Wildman–Crippen LogP) is 3.08. The van der Waals surface area contributed by atoms with Crippen LogP contribution in [0, 0.1) is 31.0 Å². The van der Waals surface area contributed by atoms with Crippen LogP contribution in [0.1, 0.15) is 22.4 Å². The van der Waals surface area contributed by atoms with Crippen molar-refractivity contribution in [3.63, 3.8) is 0 Å². The maximum atomic E-state index is 13.2. The third kappa shape index (κ3) is 3.73. The van der Waals surface area contributed by atoms with Gasteiger partial charge in [-0.2, -0.15) is 10.4 Å². The normalized spacial score (nSPS) is 15.2. The first kappa shape index (κ1) is 17.6. The first-order valence-corrected chi connectivity index (χ1v) is 8.52. The van der Waals surface area contributed by atoms with Crippen molar-refractivity contribution in [3.05, 3.63) is 51.4 Å². The zero-order valence-corrected chi connectivity index (χ0v) is 15.0. The van der Waals surface area contributed by atoms with Crippen LogP contribution in [0.25, 0.3) is 0 Å². The predicted molar refractivity (Wildman–Crippen MR) is 95.1 cm³/mol. The van der Waals surface area contributed by atoms with Gasteiger partial charge in [0.15, 0.2) is 5.82 Å². The number of aromatic nitrogens is 2. The number of piperazine rings is 1. The molecule has 2 aromatic rings. The molecule has 1 aliphatic heterocycles. The van der Waals surface area contributed by atoms with E-state index in [-0.39, 0.29) is 5.82 Å². The van der Waals surface area contributed by atoms with Crippen molar-refractivity contribution in [2.45, 2.75) is 20.4 Å². The summed E-state index contributed by atoms with van der Waals surface area (Å²) >= 11 is 6.11. The summed E-state index contributed by atoms with van der Waals surface area (Å²) in [5.41, 5.74) is 3.18. The van der Waals surface area contributed by atoms with E-state index in [2.05, 4.69) is 26.1 Å². The van der Waals surface area contributed by atoms with Gasteiger partial charge in [0.2, 0.25) is 0 Å². The van der Waals surface area contributed by atoms with E-state index in [9.17, 15) is 9.65 Å². The lowest BCUT2D eigenvalue weighted by Gasteiger charge is -2.35. The molecule has 1 fully saturated rings. The van der Waals surface area contributed by atoms with E-state index in [4.69, 9.17) is 11.6 Å². The van der Waals surface area contributed by atoms with Crippen molar-refractivity contribution in [2.75, 3.05) is 31.1 Å². The fraction of sp³-hybridized carbons (Fsp3) is 0.389. The highest BCUT2D eigenvalue weighted by Crippen LogP contribution is 2.24. The van der Waals surface area contributed by atoms with E-state index in [0.717, 1.165) is 43.0 Å². The van der Waals surface area contributed by atoms with Crippen molar-refractivity contribution < 1.29 is 4.39 Å². The monoisotopic (exact) mass is 359 g/mol. The molecule has 1 aromatic carbocycles. The van der Waals surface area contributed by atoms with E-state index in [0.29, 0.717) is 22.9 Å². The van der Waals surface area contributed by atoms with Gasteiger partial charge in [-0.25, -0.2) is 4.39 Å². The molecule has 0 spiro atoms. The zero-order chi connectivity index (χ0) is 18.0. The minimum absolute atomic E-state index is 0.323. The molecule has 1 aromatic heterocycles. The fourth-order valence-electron chi connectivity index (χ4n) is 2.96. The second-order valence-corrected chi connectivity index (χ2v) is 6.63. The van der Waals surface area contributed by atoms with Gasteiger partial charge in [0.05, 0.1) is 5.69 Å². The Morgan fingerprint density at radius 1 is 1.20 bits per heavy atom. The van der Waals surface area contributed by atoms with Crippen LogP contribution in [0.2, 0.25) is 5.02 Å². The zero-order valence-electron chi connectivity index (χ0n) is 14.3. The highest BCUT2D eigenvalue weighted by Gasteiger charge is 2.23. The van der Waals surface area contributed by atoms with Crippen LogP contribution in [0.3, 0.4) is 0 Å². The topological polar surface area (TPSA) is 56.1 Å². The van der Waals surface area contributed by atoms with E-state index >= 15 is 0 Å². The molecule has 0 N–H and O–H groups in total. The van der Waals surface area contributed by atoms with Crippen LogP contribution in [-0.4, -0.2) is 41.3 Å². The lowest BCUT2D eigenvalue weighted by Crippen LogP contribution is -2.46. The molecule has 0 amide bonds. The molecule has 130 valence electrons. The number of benzene rings is 1. The number of rotatable bonds is 3. The number of hydrogen-bond acceptors (Lipinski definition) is 5. The Bertz CT molecular complexity index is 825. The first-order valence-electron chi connectivity index (χ1n) is 8.15. The van der Waals surface area contributed by atoms with Crippen LogP contribution < -0.4 is 4.90 Å². The lowest BCUT2D eigenvalue weighted by molar-refractivity contribution is 0.249. The van der Waals surface area contributed by atoms with Crippen LogP contribution in [0.15, 0.2) is 18.2 Å². The molecule has 1 aliphatic rings. The molecule has 3 rings (SSSR count). The van der Waals surface area contributed by atoms with E-state index in [1.165, 1.54) is 12.1 Å². The minimum Gasteiger partial charge on any atom is -0.351 e. The van der Waals surface area contributed by atoms with E-state index in [1.807, 2.05) is 13.8 Å². The van der Waals surface area contributed by atoms with Gasteiger partial charge in [0, 0.05) is 37.7 Å². The van der Waals surface area contributed by atoms with Gasteiger partial charge in [0.25, 0.3) is 0 Å². The van der Waals surface area contributed by atoms with Gasteiger partial charge in [-0.1, -0.05) is 17.7 Å². The molecular weight excluding hydrogens is 341 g/mol. The Kier molecular flexibility index (Phi) is 5.16. The van der Waals surface area contributed by atoms with Crippen LogP contribution in [-0.2, 0) is 6.54 Å². The van der Waals surface area contributed by atoms with Gasteiger partial charge in [-0.3, -0.25) is 4.90 Å². The highest BCUT2D eigenvalue weighted by atomic mass is 35.5. The molecular formula is C18H19ClFN5. The van der Waals surface area contributed by atoms with Crippen molar-refractivity contribution in [1.29, 1.82) is 5.26 Å². The standard InChI is InChI=1S/C18H19ClFN5/c1-12-13(2)22-23-18(16(12)10-21)25-7-5-24(6-8-25)11-14-3-4-15(20)9-17(14)19/h3-4,9H,5-8,11H2,1-2H3. The fourth-order valence-corrected chi connectivity index (χ4v) is 3.19. The van der Waals surface area contributed by atoms with Gasteiger partial charge >= 0.3 is 0 Å². The Hall–Kier alpha value is -2.23. The summed E-state index contributed by atoms with van der Waals surface area (Å²) in [7, 11) is 0. The molecule has 0 saturated carbocycles. The third-order valence-corrected chi connectivity index (χ3v) is 4.98. The summed E-state index contributed by atoms with van der Waals surface area (Å²) in [4.78, 5) is 4.36. The summed E-state index contributed by atoms with van der Waals surface area (Å²) < 4.78 is 13.2. The van der Waals surface area contributed by atoms with Crippen molar-refractivity contribution in [3.8, 4) is 6.07 Å². The summed E-state index contributed by atoms with van der Waals surface area (Å²) in [5, 5.41) is 18.3. The first-order chi connectivity index (χ1) is 12.0. The Balaban J connectivity index is 1.68. The molecule has 5 nitrogen and oxygen atoms in total. The van der Waals surface area contributed by atoms with Gasteiger partial charge in [-0.05, 0) is 37.1 Å². The van der Waals surface area contributed by atoms with E-state index in [1.54, 1.807) is 6.07 Å². The highest BCUT2D eigenvalue weighted by molar-refractivity contribution is 6.31. The van der Waals surface area contributed by atoms with E-state index < -0.39 is 0 Å². The molecule has 0 atom stereocenters. The molecule has 0 bridgehead atoms. The average Bonchev–Trinajstić information content (AvgIpc) is 2.60. The summed E-state index contributed by atoms with van der Waals surface area (Å²) in [6.07, 6.45) is 0. The number of anilines is 1. The maximum absolute atomic E-state index is 13.2. The molecule has 0 aliphatic carbocycles. The summed E-state index contributed by atoms with van der Waals surface area (Å²) in [6, 6.07) is 6.76. The van der Waals surface area contributed by atoms with Crippen LogP contribution in [0.5, 0.6) is 0 Å². The smallest absolute Gasteiger partial charge is 0.169 e. The van der Waals surface area contributed by atoms with Gasteiger partial charge in [0.1, 0.15) is 17.4 Å². The summed E-state index contributed by atoms with van der Waals surface area (Å²) in [5.74, 6) is 0.334. The van der Waals surface area contributed by atoms with Crippen molar-refractivity contribution in [2.24, 2.45) is 0 Å². The minimum atomic E-state index is -0.323. The SMILES string of the molecule is Cc1nnc(N2CCN(Cc3ccc(F)cc3Cl)CC2)c(C#N)c1C. The Morgan fingerprint density at radius 3 is 2.56 bits per heavy atom. The third-order valence-electron chi connectivity index (χ3n) is 4.63. The second kappa shape index (κ2) is 7.34. The quantitative estimate of drug-likeness (QED) is 0.843. The largest absolute Gasteiger partial charge is 0.351 e. The number of hydrogen-bond donors (Lipinski definition) is 0. The summed E-state index contributed by atoms with van der Waals surface area (Å²) in [6.45, 7) is 7.57. The lowest BCUT2D eigenvalue weighted by atomic mass is 10.1. The number of aryl methyl sites for hydroxylation is 1. The Morgan fingerprint density at radius 2 is 1.92 bits per heavy atom. The van der Waals surface area contributed by atoms with Crippen LogP contribution in [0.4, 0.5) is 10.2 Å².